The van der Waals surface area contributed by atoms with Crippen molar-refractivity contribution in [2.75, 3.05) is 57.3 Å². The number of aliphatic hydroxyl groups excluding tert-OH is 1. The molecule has 7 nitrogen and oxygen atoms in total. The first-order chi connectivity index (χ1) is 15.1. The van der Waals surface area contributed by atoms with Gasteiger partial charge in [0.15, 0.2) is 5.96 Å². The molecule has 1 amide bonds. The molecule has 31 heavy (non-hydrogen) atoms. The number of carbonyl (C=O) groups excluding carboxylic acids is 1. The molecule has 174 valence electrons. The number of rotatable bonds is 11. The van der Waals surface area contributed by atoms with Crippen LogP contribution in [0.25, 0.3) is 0 Å². The van der Waals surface area contributed by atoms with E-state index in [1.807, 2.05) is 11.8 Å². The second kappa shape index (κ2) is 13.9. The molecule has 3 N–H and O–H groups in total. The number of carbonyl (C=O) groups is 1. The zero-order chi connectivity index (χ0) is 22.5. The molecule has 1 heterocycles. The van der Waals surface area contributed by atoms with Crippen molar-refractivity contribution in [3.8, 4) is 0 Å². The number of nitrogens with zero attached hydrogens (tertiary/aromatic N) is 3. The first-order valence-corrected chi connectivity index (χ1v) is 11.5. The number of piperazine rings is 1. The second-order valence-corrected chi connectivity index (χ2v) is 7.91. The number of halogens is 1. The summed E-state index contributed by atoms with van der Waals surface area (Å²) in [7, 11) is 0. The van der Waals surface area contributed by atoms with Crippen molar-refractivity contribution >= 4 is 17.6 Å². The lowest BCUT2D eigenvalue weighted by atomic mass is 10.0. The molecule has 0 saturated carbocycles. The third-order valence-electron chi connectivity index (χ3n) is 5.54. The normalized spacial score (nSPS) is 15.7. The van der Waals surface area contributed by atoms with Crippen LogP contribution in [0.2, 0.25) is 0 Å². The minimum Gasteiger partial charge on any atom is -0.396 e. The average molecular weight is 436 g/mol. The van der Waals surface area contributed by atoms with E-state index in [0.29, 0.717) is 38.5 Å². The van der Waals surface area contributed by atoms with Crippen molar-refractivity contribution in [3.05, 3.63) is 30.1 Å². The molecule has 1 aliphatic rings. The number of guanidine groups is 1. The van der Waals surface area contributed by atoms with Crippen molar-refractivity contribution < 1.29 is 14.3 Å². The van der Waals surface area contributed by atoms with Crippen LogP contribution >= 0.6 is 0 Å². The summed E-state index contributed by atoms with van der Waals surface area (Å²) in [4.78, 5) is 21.3. The molecular weight excluding hydrogens is 397 g/mol. The average Bonchev–Trinajstić information content (AvgIpc) is 2.78. The summed E-state index contributed by atoms with van der Waals surface area (Å²) >= 11 is 0. The standard InChI is InChI=1S/C23H38FN5O2/c1-3-5-19(11-17-30)18-27-23(25-4-2)26-12-10-22(31)29-15-13-28(14-16-29)21-8-6-20(24)7-9-21/h6-9,19,30H,3-5,10-18H2,1-2H3,(H2,25,26,27). The lowest BCUT2D eigenvalue weighted by molar-refractivity contribution is -0.131. The van der Waals surface area contributed by atoms with E-state index in [1.165, 1.54) is 12.1 Å². The van der Waals surface area contributed by atoms with Crippen molar-refractivity contribution in [2.45, 2.75) is 39.5 Å². The topological polar surface area (TPSA) is 80.2 Å². The predicted octanol–water partition coefficient (Wildman–Crippen LogP) is 2.22. The number of aliphatic imine (C=N–C) groups is 1. The Bertz CT molecular complexity index is 669. The molecule has 2 rings (SSSR count). The Balaban J connectivity index is 1.75. The van der Waals surface area contributed by atoms with Gasteiger partial charge in [0.05, 0.1) is 0 Å². The van der Waals surface area contributed by atoms with Crippen LogP contribution in [0.5, 0.6) is 0 Å². The Labute approximate surface area is 185 Å². The van der Waals surface area contributed by atoms with E-state index in [4.69, 9.17) is 0 Å². The first-order valence-electron chi connectivity index (χ1n) is 11.5. The van der Waals surface area contributed by atoms with Crippen LogP contribution in [0.4, 0.5) is 10.1 Å². The van der Waals surface area contributed by atoms with E-state index in [0.717, 1.165) is 50.5 Å². The minimum atomic E-state index is -0.236. The Morgan fingerprint density at radius 3 is 2.45 bits per heavy atom. The lowest BCUT2D eigenvalue weighted by Crippen LogP contribution is -2.49. The van der Waals surface area contributed by atoms with E-state index < -0.39 is 0 Å². The first kappa shape index (κ1) is 24.9. The van der Waals surface area contributed by atoms with Crippen molar-refractivity contribution in [2.24, 2.45) is 10.9 Å². The molecule has 0 spiro atoms. The van der Waals surface area contributed by atoms with E-state index in [-0.39, 0.29) is 18.3 Å². The molecule has 0 radical (unpaired) electrons. The lowest BCUT2D eigenvalue weighted by Gasteiger charge is -2.36. The van der Waals surface area contributed by atoms with E-state index in [1.54, 1.807) is 12.1 Å². The predicted molar refractivity (Wildman–Crippen MR) is 124 cm³/mol. The highest BCUT2D eigenvalue weighted by atomic mass is 19.1. The Morgan fingerprint density at radius 2 is 1.84 bits per heavy atom. The van der Waals surface area contributed by atoms with Gasteiger partial charge in [-0.25, -0.2) is 4.39 Å². The fraction of sp³-hybridized carbons (Fsp3) is 0.652. The van der Waals surface area contributed by atoms with E-state index in [2.05, 4.69) is 27.4 Å². The Morgan fingerprint density at radius 1 is 1.13 bits per heavy atom. The summed E-state index contributed by atoms with van der Waals surface area (Å²) in [5.74, 6) is 0.992. The van der Waals surface area contributed by atoms with Gasteiger partial charge in [-0.15, -0.1) is 0 Å². The van der Waals surface area contributed by atoms with Crippen LogP contribution in [-0.2, 0) is 4.79 Å². The van der Waals surface area contributed by atoms with Gasteiger partial charge in [0.25, 0.3) is 0 Å². The fourth-order valence-electron chi connectivity index (χ4n) is 3.79. The SMILES string of the molecule is CCCC(CCO)CN=C(NCC)NCCC(=O)N1CCN(c2ccc(F)cc2)CC1. The minimum absolute atomic E-state index is 0.131. The van der Waals surface area contributed by atoms with Crippen LogP contribution < -0.4 is 15.5 Å². The van der Waals surface area contributed by atoms with Gasteiger partial charge in [-0.2, -0.15) is 0 Å². The maximum Gasteiger partial charge on any atom is 0.224 e. The van der Waals surface area contributed by atoms with Crippen LogP contribution in [0.1, 0.15) is 39.5 Å². The number of aliphatic hydroxyl groups is 1. The highest BCUT2D eigenvalue weighted by Crippen LogP contribution is 2.17. The number of hydrogen-bond acceptors (Lipinski definition) is 4. The highest BCUT2D eigenvalue weighted by molar-refractivity contribution is 5.81. The highest BCUT2D eigenvalue weighted by Gasteiger charge is 2.21. The van der Waals surface area contributed by atoms with Crippen LogP contribution in [0.3, 0.4) is 0 Å². The van der Waals surface area contributed by atoms with E-state index in [9.17, 15) is 14.3 Å². The van der Waals surface area contributed by atoms with Gasteiger partial charge in [0.1, 0.15) is 5.82 Å². The zero-order valence-corrected chi connectivity index (χ0v) is 18.9. The van der Waals surface area contributed by atoms with Gasteiger partial charge in [0, 0.05) is 64.5 Å². The summed E-state index contributed by atoms with van der Waals surface area (Å²) in [5.41, 5.74) is 0.990. The van der Waals surface area contributed by atoms with Crippen molar-refractivity contribution in [3.63, 3.8) is 0 Å². The van der Waals surface area contributed by atoms with Crippen LogP contribution in [0.15, 0.2) is 29.3 Å². The van der Waals surface area contributed by atoms with Gasteiger partial charge in [-0.3, -0.25) is 9.79 Å². The number of benzene rings is 1. The quantitative estimate of drug-likeness (QED) is 0.367. The summed E-state index contributed by atoms with van der Waals surface area (Å²) in [5, 5.41) is 15.7. The summed E-state index contributed by atoms with van der Waals surface area (Å²) < 4.78 is 13.1. The summed E-state index contributed by atoms with van der Waals surface area (Å²) in [6.07, 6.45) is 3.30. The largest absolute Gasteiger partial charge is 0.396 e. The van der Waals surface area contributed by atoms with Gasteiger partial charge >= 0.3 is 0 Å². The van der Waals surface area contributed by atoms with Gasteiger partial charge in [-0.1, -0.05) is 13.3 Å². The smallest absolute Gasteiger partial charge is 0.224 e. The fourth-order valence-corrected chi connectivity index (χ4v) is 3.79. The van der Waals surface area contributed by atoms with Crippen LogP contribution in [-0.4, -0.2) is 74.3 Å². The molecule has 1 unspecified atom stereocenters. The molecule has 8 heteroatoms. The number of hydrogen-bond donors (Lipinski definition) is 3. The third kappa shape index (κ3) is 8.73. The molecule has 0 aliphatic carbocycles. The zero-order valence-electron chi connectivity index (χ0n) is 18.9. The van der Waals surface area contributed by atoms with Gasteiger partial charge in [0.2, 0.25) is 5.91 Å². The van der Waals surface area contributed by atoms with Gasteiger partial charge < -0.3 is 25.5 Å². The molecule has 1 fully saturated rings. The molecular formula is C23H38FN5O2. The number of anilines is 1. The molecule has 0 aromatic heterocycles. The van der Waals surface area contributed by atoms with Crippen LogP contribution in [0, 0.1) is 11.7 Å². The molecule has 1 aromatic carbocycles. The molecule has 1 aliphatic heterocycles. The maximum absolute atomic E-state index is 13.1. The van der Waals surface area contributed by atoms with E-state index >= 15 is 0 Å². The maximum atomic E-state index is 13.1. The second-order valence-electron chi connectivity index (χ2n) is 7.91. The molecule has 1 aromatic rings. The number of amides is 1. The third-order valence-corrected chi connectivity index (χ3v) is 5.54. The summed E-state index contributed by atoms with van der Waals surface area (Å²) in [6, 6.07) is 6.50. The Kier molecular flexibility index (Phi) is 11.1. The monoisotopic (exact) mass is 435 g/mol. The Hall–Kier alpha value is -2.35. The molecule has 1 atom stereocenters. The molecule has 0 bridgehead atoms. The van der Waals surface area contributed by atoms with Crippen molar-refractivity contribution in [1.82, 2.24) is 15.5 Å². The molecule has 1 saturated heterocycles. The van der Waals surface area contributed by atoms with Gasteiger partial charge in [-0.05, 0) is 49.9 Å². The summed E-state index contributed by atoms with van der Waals surface area (Å²) in [6.45, 7) is 9.13. The number of nitrogens with one attached hydrogen (secondary N) is 2. The van der Waals surface area contributed by atoms with Crippen molar-refractivity contribution in [1.29, 1.82) is 0 Å².